The Kier molecular flexibility index (Phi) is 4.43. The Morgan fingerprint density at radius 2 is 2.00 bits per heavy atom. The van der Waals surface area contributed by atoms with E-state index in [9.17, 15) is 13.6 Å². The monoisotopic (exact) mass is 256 g/mol. The van der Waals surface area contributed by atoms with Crippen LogP contribution in [0, 0.1) is 5.92 Å². The zero-order chi connectivity index (χ0) is 13.9. The molecule has 0 bridgehead atoms. The van der Waals surface area contributed by atoms with Crippen molar-refractivity contribution in [2.24, 2.45) is 5.92 Å². The second-order valence-electron chi connectivity index (χ2n) is 4.87. The van der Waals surface area contributed by atoms with Gasteiger partial charge in [0.2, 0.25) is 0 Å². The van der Waals surface area contributed by atoms with Gasteiger partial charge < -0.3 is 4.74 Å². The van der Waals surface area contributed by atoms with Crippen molar-refractivity contribution in [1.29, 1.82) is 0 Å². The van der Waals surface area contributed by atoms with E-state index < -0.39 is 23.7 Å². The van der Waals surface area contributed by atoms with Crippen LogP contribution in [0.1, 0.15) is 42.9 Å². The van der Waals surface area contributed by atoms with Crippen molar-refractivity contribution in [1.82, 2.24) is 0 Å². The number of benzene rings is 1. The number of hydrogen-bond acceptors (Lipinski definition) is 2. The molecule has 2 nitrogen and oxygen atoms in total. The van der Waals surface area contributed by atoms with Gasteiger partial charge in [0.05, 0.1) is 12.7 Å². The highest BCUT2D eigenvalue weighted by molar-refractivity contribution is 5.89. The lowest BCUT2D eigenvalue weighted by atomic mass is 9.86. The molecule has 1 aromatic rings. The first-order valence-electron chi connectivity index (χ1n) is 5.78. The molecule has 0 aliphatic carbocycles. The van der Waals surface area contributed by atoms with Crippen LogP contribution < -0.4 is 0 Å². The molecule has 0 fully saturated rings. The van der Waals surface area contributed by atoms with E-state index in [4.69, 9.17) is 0 Å². The number of carbonyl (C=O) groups excluding carboxylic acids is 1. The Morgan fingerprint density at radius 3 is 2.50 bits per heavy atom. The van der Waals surface area contributed by atoms with Gasteiger partial charge in [-0.3, -0.25) is 0 Å². The maximum atomic E-state index is 14.2. The Bertz CT molecular complexity index is 424. The Labute approximate surface area is 106 Å². The van der Waals surface area contributed by atoms with Crippen LogP contribution in [0.4, 0.5) is 8.78 Å². The number of halogens is 2. The topological polar surface area (TPSA) is 26.3 Å². The van der Waals surface area contributed by atoms with E-state index in [1.165, 1.54) is 40.0 Å². The summed E-state index contributed by atoms with van der Waals surface area (Å²) in [4.78, 5) is 11.3. The summed E-state index contributed by atoms with van der Waals surface area (Å²) in [7, 11) is 1.26. The number of methoxy groups -OCH3 is 1. The number of alkyl halides is 2. The molecule has 0 aliphatic heterocycles. The van der Waals surface area contributed by atoms with Crippen LogP contribution in [0.2, 0.25) is 0 Å². The van der Waals surface area contributed by atoms with Gasteiger partial charge in [0.15, 0.2) is 0 Å². The largest absolute Gasteiger partial charge is 0.465 e. The first-order chi connectivity index (χ1) is 8.27. The predicted octanol–water partition coefficient (Wildman–Crippen LogP) is 3.87. The number of ether oxygens (including phenoxy) is 1. The molecule has 2 atom stereocenters. The summed E-state index contributed by atoms with van der Waals surface area (Å²) >= 11 is 0. The second-order valence-corrected chi connectivity index (χ2v) is 4.87. The summed E-state index contributed by atoms with van der Waals surface area (Å²) < 4.78 is 32.5. The molecule has 4 heteroatoms. The van der Waals surface area contributed by atoms with Crippen LogP contribution in [0.25, 0.3) is 0 Å². The molecule has 0 saturated carbocycles. The molecule has 0 radical (unpaired) electrons. The molecule has 0 aliphatic rings. The summed E-state index contributed by atoms with van der Waals surface area (Å²) in [6.07, 6.45) is -1.46. The predicted molar refractivity (Wildman–Crippen MR) is 66.0 cm³/mol. The van der Waals surface area contributed by atoms with E-state index in [-0.39, 0.29) is 11.1 Å². The first kappa shape index (κ1) is 14.6. The van der Waals surface area contributed by atoms with E-state index in [0.717, 1.165) is 0 Å². The van der Waals surface area contributed by atoms with Crippen molar-refractivity contribution in [3.63, 3.8) is 0 Å². The van der Waals surface area contributed by atoms with E-state index in [1.54, 1.807) is 12.1 Å². The van der Waals surface area contributed by atoms with Gasteiger partial charge in [-0.2, -0.15) is 0 Å². The van der Waals surface area contributed by atoms with Gasteiger partial charge in [-0.25, -0.2) is 13.6 Å². The minimum Gasteiger partial charge on any atom is -0.465 e. The summed E-state index contributed by atoms with van der Waals surface area (Å²) in [5.41, 5.74) is -1.07. The summed E-state index contributed by atoms with van der Waals surface area (Å²) in [6, 6.07) is 6.04. The third kappa shape index (κ3) is 3.28. The SMILES string of the molecule is COC(=O)c1cccc([C@@H](F)[C@@H](C)C(C)(C)F)c1. The molecule has 18 heavy (non-hydrogen) atoms. The van der Waals surface area contributed by atoms with Crippen LogP contribution in [-0.4, -0.2) is 18.7 Å². The van der Waals surface area contributed by atoms with Gasteiger partial charge in [0.25, 0.3) is 0 Å². The lowest BCUT2D eigenvalue weighted by Crippen LogP contribution is -2.27. The summed E-state index contributed by atoms with van der Waals surface area (Å²) in [6.45, 7) is 4.19. The van der Waals surface area contributed by atoms with Crippen LogP contribution in [-0.2, 0) is 4.74 Å². The lowest BCUT2D eigenvalue weighted by Gasteiger charge is -2.26. The van der Waals surface area contributed by atoms with Gasteiger partial charge >= 0.3 is 5.97 Å². The highest BCUT2D eigenvalue weighted by atomic mass is 19.2. The quantitative estimate of drug-likeness (QED) is 0.764. The van der Waals surface area contributed by atoms with E-state index >= 15 is 0 Å². The van der Waals surface area contributed by atoms with Crippen molar-refractivity contribution in [2.75, 3.05) is 7.11 Å². The normalized spacial score (nSPS) is 15.0. The molecule has 1 rings (SSSR count). The van der Waals surface area contributed by atoms with Gasteiger partial charge in [-0.15, -0.1) is 0 Å². The molecular weight excluding hydrogens is 238 g/mol. The van der Waals surface area contributed by atoms with Gasteiger partial charge in [0, 0.05) is 5.92 Å². The molecule has 0 amide bonds. The maximum absolute atomic E-state index is 14.2. The third-order valence-corrected chi connectivity index (χ3v) is 3.15. The van der Waals surface area contributed by atoms with Crippen molar-refractivity contribution in [3.8, 4) is 0 Å². The molecule has 0 heterocycles. The highest BCUT2D eigenvalue weighted by Gasteiger charge is 2.33. The fourth-order valence-electron chi connectivity index (χ4n) is 1.59. The van der Waals surface area contributed by atoms with Crippen LogP contribution >= 0.6 is 0 Å². The number of esters is 1. The average Bonchev–Trinajstić information content (AvgIpc) is 2.35. The van der Waals surface area contributed by atoms with Crippen LogP contribution in [0.3, 0.4) is 0 Å². The fourth-order valence-corrected chi connectivity index (χ4v) is 1.59. The van der Waals surface area contributed by atoms with E-state index in [0.29, 0.717) is 0 Å². The van der Waals surface area contributed by atoms with Gasteiger partial charge in [0.1, 0.15) is 11.8 Å². The minimum atomic E-state index is -1.62. The van der Waals surface area contributed by atoms with Crippen molar-refractivity contribution >= 4 is 5.97 Å². The van der Waals surface area contributed by atoms with Crippen LogP contribution in [0.15, 0.2) is 24.3 Å². The third-order valence-electron chi connectivity index (χ3n) is 3.15. The highest BCUT2D eigenvalue weighted by Crippen LogP contribution is 2.35. The molecular formula is C14H18F2O2. The molecule has 0 spiro atoms. The number of hydrogen-bond donors (Lipinski definition) is 0. The second kappa shape index (κ2) is 5.46. The molecule has 0 aromatic heterocycles. The molecule has 0 saturated heterocycles. The lowest BCUT2D eigenvalue weighted by molar-refractivity contribution is 0.0599. The van der Waals surface area contributed by atoms with Crippen molar-refractivity contribution in [3.05, 3.63) is 35.4 Å². The first-order valence-corrected chi connectivity index (χ1v) is 5.78. The maximum Gasteiger partial charge on any atom is 0.337 e. The van der Waals surface area contributed by atoms with Gasteiger partial charge in [-0.05, 0) is 31.5 Å². The van der Waals surface area contributed by atoms with Crippen molar-refractivity contribution < 1.29 is 18.3 Å². The zero-order valence-corrected chi connectivity index (χ0v) is 11.0. The molecule has 100 valence electrons. The minimum absolute atomic E-state index is 0.265. The fraction of sp³-hybridized carbons (Fsp3) is 0.500. The summed E-state index contributed by atoms with van der Waals surface area (Å²) in [5, 5.41) is 0. The zero-order valence-electron chi connectivity index (χ0n) is 11.0. The molecule has 1 aromatic carbocycles. The van der Waals surface area contributed by atoms with Gasteiger partial charge in [-0.1, -0.05) is 19.1 Å². The number of rotatable bonds is 4. The average molecular weight is 256 g/mol. The van der Waals surface area contributed by atoms with E-state index in [1.807, 2.05) is 0 Å². The molecule has 0 unspecified atom stereocenters. The Hall–Kier alpha value is -1.45. The molecule has 0 N–H and O–H groups in total. The number of carbonyl (C=O) groups is 1. The standard InChI is InChI=1S/C14H18F2O2/c1-9(14(2,3)16)12(15)10-6-5-7-11(8-10)13(17)18-4/h5-9,12H,1-4H3/t9-,12+/m1/s1. The Morgan fingerprint density at radius 1 is 1.39 bits per heavy atom. The van der Waals surface area contributed by atoms with Crippen molar-refractivity contribution in [2.45, 2.75) is 32.6 Å². The van der Waals surface area contributed by atoms with Crippen LogP contribution in [0.5, 0.6) is 0 Å². The Balaban J connectivity index is 3.00. The van der Waals surface area contributed by atoms with E-state index in [2.05, 4.69) is 4.74 Å². The summed E-state index contributed by atoms with van der Waals surface area (Å²) in [5.74, 6) is -1.33. The smallest absolute Gasteiger partial charge is 0.337 e.